The van der Waals surface area contributed by atoms with Crippen molar-refractivity contribution >= 4 is 5.91 Å². The van der Waals surface area contributed by atoms with Crippen LogP contribution in [-0.4, -0.2) is 15.9 Å². The number of aromatic nitrogens is 2. The molecule has 1 atom stereocenters. The van der Waals surface area contributed by atoms with Crippen molar-refractivity contribution in [3.8, 4) is 0 Å². The number of rotatable bonds is 4. The maximum atomic E-state index is 12.4. The monoisotopic (exact) mass is 269 g/mol. The smallest absolute Gasteiger partial charge is 0.224 e. The Kier molecular flexibility index (Phi) is 3.54. The van der Waals surface area contributed by atoms with Gasteiger partial charge in [0.1, 0.15) is 5.82 Å². The first kappa shape index (κ1) is 12.9. The van der Waals surface area contributed by atoms with Crippen LogP contribution in [0.25, 0.3) is 0 Å². The minimum Gasteiger partial charge on any atom is -0.347 e. The van der Waals surface area contributed by atoms with Gasteiger partial charge in [0.05, 0.1) is 6.04 Å². The van der Waals surface area contributed by atoms with Gasteiger partial charge in [0.25, 0.3) is 0 Å². The van der Waals surface area contributed by atoms with E-state index < -0.39 is 0 Å². The van der Waals surface area contributed by atoms with E-state index in [0.29, 0.717) is 0 Å². The number of nitrogens with one attached hydrogen (secondary N) is 2. The van der Waals surface area contributed by atoms with Gasteiger partial charge < -0.3 is 10.3 Å². The van der Waals surface area contributed by atoms with Crippen molar-refractivity contribution in [3.63, 3.8) is 0 Å². The first-order chi connectivity index (χ1) is 9.78. The van der Waals surface area contributed by atoms with Gasteiger partial charge in [0, 0.05) is 18.3 Å². The zero-order valence-corrected chi connectivity index (χ0v) is 11.6. The molecule has 1 aromatic heterocycles. The van der Waals surface area contributed by atoms with E-state index >= 15 is 0 Å². The quantitative estimate of drug-likeness (QED) is 0.895. The fraction of sp³-hybridized carbons (Fsp3) is 0.375. The van der Waals surface area contributed by atoms with E-state index in [0.717, 1.165) is 25.1 Å². The lowest BCUT2D eigenvalue weighted by Crippen LogP contribution is -2.34. The van der Waals surface area contributed by atoms with Crippen molar-refractivity contribution in [2.24, 2.45) is 5.92 Å². The first-order valence-electron chi connectivity index (χ1n) is 7.14. The van der Waals surface area contributed by atoms with Gasteiger partial charge in [-0.15, -0.1) is 0 Å². The highest BCUT2D eigenvalue weighted by Crippen LogP contribution is 2.27. The summed E-state index contributed by atoms with van der Waals surface area (Å²) in [5.41, 5.74) is 2.61. The minimum absolute atomic E-state index is 0.0267. The molecule has 0 aliphatic heterocycles. The molecule has 0 bridgehead atoms. The van der Waals surface area contributed by atoms with Gasteiger partial charge in [-0.2, -0.15) is 0 Å². The molecule has 1 aliphatic carbocycles. The Bertz CT molecular complexity index is 567. The third-order valence-corrected chi connectivity index (χ3v) is 4.00. The number of benzene rings is 1. The maximum Gasteiger partial charge on any atom is 0.224 e. The Labute approximate surface area is 118 Å². The van der Waals surface area contributed by atoms with Gasteiger partial charge in [-0.3, -0.25) is 4.79 Å². The predicted octanol–water partition coefficient (Wildman–Crippen LogP) is 2.39. The molecule has 0 fully saturated rings. The summed E-state index contributed by atoms with van der Waals surface area (Å²) in [4.78, 5) is 19.7. The highest BCUT2D eigenvalue weighted by molar-refractivity contribution is 5.80. The molecule has 1 aromatic carbocycles. The second-order valence-corrected chi connectivity index (χ2v) is 5.32. The van der Waals surface area contributed by atoms with Crippen LogP contribution in [0.5, 0.6) is 0 Å². The predicted molar refractivity (Wildman–Crippen MR) is 77.1 cm³/mol. The molecule has 1 amide bonds. The molecule has 20 heavy (non-hydrogen) atoms. The van der Waals surface area contributed by atoms with Crippen LogP contribution in [0.4, 0.5) is 0 Å². The fourth-order valence-corrected chi connectivity index (χ4v) is 2.87. The molecule has 104 valence electrons. The summed E-state index contributed by atoms with van der Waals surface area (Å²) in [6.07, 6.45) is 6.03. The number of carbonyl (C=O) groups excluding carboxylic acids is 1. The number of fused-ring (bicyclic) bond motifs is 1. The van der Waals surface area contributed by atoms with Gasteiger partial charge in [-0.1, -0.05) is 31.2 Å². The first-order valence-corrected chi connectivity index (χ1v) is 7.14. The van der Waals surface area contributed by atoms with Crippen LogP contribution >= 0.6 is 0 Å². The molecule has 2 aromatic rings. The Morgan fingerprint density at radius 2 is 2.10 bits per heavy atom. The van der Waals surface area contributed by atoms with Gasteiger partial charge in [-0.05, 0) is 30.4 Å². The number of amides is 1. The molecule has 0 radical (unpaired) electrons. The summed E-state index contributed by atoms with van der Waals surface area (Å²) >= 11 is 0. The van der Waals surface area contributed by atoms with Crippen molar-refractivity contribution in [1.29, 1.82) is 0 Å². The van der Waals surface area contributed by atoms with E-state index in [2.05, 4.69) is 34.3 Å². The van der Waals surface area contributed by atoms with Crippen molar-refractivity contribution in [3.05, 3.63) is 53.6 Å². The number of carbonyl (C=O) groups is 1. The van der Waals surface area contributed by atoms with E-state index in [4.69, 9.17) is 0 Å². The van der Waals surface area contributed by atoms with Gasteiger partial charge in [0.2, 0.25) is 5.91 Å². The van der Waals surface area contributed by atoms with Gasteiger partial charge >= 0.3 is 0 Å². The molecule has 0 saturated heterocycles. The van der Waals surface area contributed by atoms with Crippen LogP contribution in [-0.2, 0) is 17.6 Å². The summed E-state index contributed by atoms with van der Waals surface area (Å²) in [7, 11) is 0. The van der Waals surface area contributed by atoms with E-state index in [1.165, 1.54) is 11.1 Å². The molecule has 4 heteroatoms. The SMILES string of the molecule is CCC(NC(=O)C1Cc2ccccc2C1)c1ncc[nH]1. The topological polar surface area (TPSA) is 57.8 Å². The van der Waals surface area contributed by atoms with Crippen molar-refractivity contribution in [2.45, 2.75) is 32.2 Å². The third-order valence-electron chi connectivity index (χ3n) is 4.00. The van der Waals surface area contributed by atoms with Crippen LogP contribution in [0.3, 0.4) is 0 Å². The zero-order chi connectivity index (χ0) is 13.9. The van der Waals surface area contributed by atoms with Crippen molar-refractivity contribution < 1.29 is 4.79 Å². The van der Waals surface area contributed by atoms with E-state index in [1.54, 1.807) is 12.4 Å². The molecule has 1 unspecified atom stereocenters. The summed E-state index contributed by atoms with van der Waals surface area (Å²) in [6, 6.07) is 8.29. The molecule has 4 nitrogen and oxygen atoms in total. The Balaban J connectivity index is 1.66. The lowest BCUT2D eigenvalue weighted by molar-refractivity contribution is -0.125. The standard InChI is InChI=1S/C16H19N3O/c1-2-14(15-17-7-8-18-15)19-16(20)13-9-11-5-3-4-6-12(11)10-13/h3-8,13-14H,2,9-10H2,1H3,(H,17,18)(H,19,20). The van der Waals surface area contributed by atoms with Gasteiger partial charge in [0.15, 0.2) is 0 Å². The summed E-state index contributed by atoms with van der Waals surface area (Å²) in [5, 5.41) is 3.11. The second kappa shape index (κ2) is 5.49. The highest BCUT2D eigenvalue weighted by atomic mass is 16.1. The van der Waals surface area contributed by atoms with Crippen LogP contribution in [0.1, 0.15) is 36.3 Å². The molecule has 1 heterocycles. The molecular formula is C16H19N3O. The number of imidazole rings is 1. The van der Waals surface area contributed by atoms with Crippen LogP contribution in [0.2, 0.25) is 0 Å². The third kappa shape index (κ3) is 2.46. The van der Waals surface area contributed by atoms with E-state index in [9.17, 15) is 4.79 Å². The zero-order valence-electron chi connectivity index (χ0n) is 11.6. The number of hydrogen-bond donors (Lipinski definition) is 2. The Hall–Kier alpha value is -2.10. The van der Waals surface area contributed by atoms with Crippen LogP contribution < -0.4 is 5.32 Å². The molecular weight excluding hydrogens is 250 g/mol. The van der Waals surface area contributed by atoms with Crippen molar-refractivity contribution in [2.75, 3.05) is 0 Å². The average molecular weight is 269 g/mol. The Morgan fingerprint density at radius 1 is 1.40 bits per heavy atom. The number of H-pyrrole nitrogens is 1. The minimum atomic E-state index is -0.0267. The fourth-order valence-electron chi connectivity index (χ4n) is 2.87. The van der Waals surface area contributed by atoms with E-state index in [1.807, 2.05) is 12.1 Å². The molecule has 0 spiro atoms. The number of aromatic amines is 1. The number of hydrogen-bond acceptors (Lipinski definition) is 2. The van der Waals surface area contributed by atoms with E-state index in [-0.39, 0.29) is 17.9 Å². The second-order valence-electron chi connectivity index (χ2n) is 5.32. The highest BCUT2D eigenvalue weighted by Gasteiger charge is 2.28. The Morgan fingerprint density at radius 3 is 2.65 bits per heavy atom. The van der Waals surface area contributed by atoms with Crippen LogP contribution in [0, 0.1) is 5.92 Å². The molecule has 0 saturated carbocycles. The summed E-state index contributed by atoms with van der Waals surface area (Å²) < 4.78 is 0. The lowest BCUT2D eigenvalue weighted by Gasteiger charge is -2.17. The number of nitrogens with zero attached hydrogens (tertiary/aromatic N) is 1. The molecule has 2 N–H and O–H groups in total. The largest absolute Gasteiger partial charge is 0.347 e. The summed E-state index contributed by atoms with van der Waals surface area (Å²) in [5.74, 6) is 1.01. The van der Waals surface area contributed by atoms with Gasteiger partial charge in [-0.25, -0.2) is 4.98 Å². The average Bonchev–Trinajstić information content (AvgIpc) is 3.13. The summed E-state index contributed by atoms with van der Waals surface area (Å²) in [6.45, 7) is 2.05. The van der Waals surface area contributed by atoms with Crippen LogP contribution in [0.15, 0.2) is 36.7 Å². The molecule has 1 aliphatic rings. The molecule has 3 rings (SSSR count). The maximum absolute atomic E-state index is 12.4. The lowest BCUT2D eigenvalue weighted by atomic mass is 10.0. The van der Waals surface area contributed by atoms with Crippen molar-refractivity contribution in [1.82, 2.24) is 15.3 Å². The normalized spacial score (nSPS) is 15.8.